The Morgan fingerprint density at radius 3 is 2.96 bits per heavy atom. The summed E-state index contributed by atoms with van der Waals surface area (Å²) in [4.78, 5) is 26.4. The lowest BCUT2D eigenvalue weighted by atomic mass is 10.1. The van der Waals surface area contributed by atoms with Crippen molar-refractivity contribution in [2.75, 3.05) is 17.6 Å². The Labute approximate surface area is 143 Å². The Hall–Kier alpha value is -1.41. The largest absolute Gasteiger partial charge is 0.339 e. The Morgan fingerprint density at radius 1 is 1.43 bits per heavy atom. The summed E-state index contributed by atoms with van der Waals surface area (Å²) in [5.41, 5.74) is 0. The highest BCUT2D eigenvalue weighted by Crippen LogP contribution is 2.31. The molecule has 0 spiro atoms. The Balaban J connectivity index is 1.55. The lowest BCUT2D eigenvalue weighted by molar-refractivity contribution is -0.129. The number of carbonyl (C=O) groups is 2. The molecular formula is C15H20N4O2S2. The highest BCUT2D eigenvalue weighted by atomic mass is 32.2. The molecule has 1 aliphatic heterocycles. The standard InChI is InChI=1S/C15H20N4O2S2/c1-2-7-22-15-18-17-14(23-15)16-13(21)10-8-12(20)19(9-10)11-5-3-4-6-11/h2,10-11H,1,3-9H2,(H,16,17,21)/t10-/m1/s1. The van der Waals surface area contributed by atoms with E-state index in [-0.39, 0.29) is 17.7 Å². The van der Waals surface area contributed by atoms with Gasteiger partial charge in [-0.1, -0.05) is 42.0 Å². The van der Waals surface area contributed by atoms with Gasteiger partial charge in [0.05, 0.1) is 5.92 Å². The fraction of sp³-hybridized carbons (Fsp3) is 0.600. The van der Waals surface area contributed by atoms with Gasteiger partial charge in [-0.15, -0.1) is 16.8 Å². The first-order chi connectivity index (χ1) is 11.2. The molecule has 0 aromatic carbocycles. The molecule has 2 amide bonds. The number of anilines is 1. The van der Waals surface area contributed by atoms with E-state index >= 15 is 0 Å². The molecule has 1 aliphatic carbocycles. The number of nitrogens with zero attached hydrogens (tertiary/aromatic N) is 3. The van der Waals surface area contributed by atoms with E-state index in [4.69, 9.17) is 0 Å². The number of hydrogen-bond donors (Lipinski definition) is 1. The first-order valence-electron chi connectivity index (χ1n) is 7.85. The lowest BCUT2D eigenvalue weighted by Crippen LogP contribution is -2.35. The van der Waals surface area contributed by atoms with Crippen LogP contribution in [0.1, 0.15) is 32.1 Å². The monoisotopic (exact) mass is 352 g/mol. The third kappa shape index (κ3) is 3.92. The number of carbonyl (C=O) groups excluding carboxylic acids is 2. The van der Waals surface area contributed by atoms with Gasteiger partial charge in [-0.05, 0) is 12.8 Å². The topological polar surface area (TPSA) is 75.2 Å². The summed E-state index contributed by atoms with van der Waals surface area (Å²) in [5, 5.41) is 11.3. The molecule has 8 heteroatoms. The molecular weight excluding hydrogens is 332 g/mol. The molecule has 1 aromatic rings. The SMILES string of the molecule is C=CCSc1nnc(NC(=O)[C@@H]2CC(=O)N(C3CCCC3)C2)s1. The first kappa shape index (κ1) is 16.4. The average molecular weight is 352 g/mol. The van der Waals surface area contributed by atoms with Gasteiger partial charge < -0.3 is 10.2 Å². The van der Waals surface area contributed by atoms with E-state index < -0.39 is 0 Å². The Kier molecular flexibility index (Phi) is 5.32. The summed E-state index contributed by atoms with van der Waals surface area (Å²) in [5.74, 6) is 0.457. The van der Waals surface area contributed by atoms with E-state index in [9.17, 15) is 9.59 Å². The first-order valence-corrected chi connectivity index (χ1v) is 9.65. The van der Waals surface area contributed by atoms with E-state index in [0.717, 1.165) is 22.9 Å². The van der Waals surface area contributed by atoms with Crippen molar-refractivity contribution in [3.8, 4) is 0 Å². The second kappa shape index (κ2) is 7.44. The van der Waals surface area contributed by atoms with Crippen molar-refractivity contribution in [3.63, 3.8) is 0 Å². The van der Waals surface area contributed by atoms with Gasteiger partial charge in [0.25, 0.3) is 0 Å². The predicted molar refractivity (Wildman–Crippen MR) is 91.5 cm³/mol. The minimum Gasteiger partial charge on any atom is -0.339 e. The van der Waals surface area contributed by atoms with E-state index in [1.165, 1.54) is 35.9 Å². The zero-order valence-corrected chi connectivity index (χ0v) is 14.5. The van der Waals surface area contributed by atoms with Crippen molar-refractivity contribution in [3.05, 3.63) is 12.7 Å². The third-order valence-electron chi connectivity index (χ3n) is 4.26. The van der Waals surface area contributed by atoms with Gasteiger partial charge in [0, 0.05) is 24.8 Å². The number of rotatable bonds is 6. The molecule has 0 radical (unpaired) electrons. The molecule has 2 fully saturated rings. The Bertz CT molecular complexity index is 598. The van der Waals surface area contributed by atoms with Crippen LogP contribution in [0.5, 0.6) is 0 Å². The van der Waals surface area contributed by atoms with Crippen LogP contribution in [0, 0.1) is 5.92 Å². The van der Waals surface area contributed by atoms with Crippen LogP contribution in [0.2, 0.25) is 0 Å². The highest BCUT2D eigenvalue weighted by molar-refractivity contribution is 8.01. The zero-order valence-electron chi connectivity index (χ0n) is 12.9. The van der Waals surface area contributed by atoms with E-state index in [2.05, 4.69) is 22.1 Å². The molecule has 3 rings (SSSR count). The molecule has 1 saturated heterocycles. The number of nitrogens with one attached hydrogen (secondary N) is 1. The van der Waals surface area contributed by atoms with Crippen molar-refractivity contribution in [1.82, 2.24) is 15.1 Å². The molecule has 1 atom stereocenters. The maximum atomic E-state index is 12.4. The van der Waals surface area contributed by atoms with Gasteiger partial charge in [0.2, 0.25) is 16.9 Å². The maximum absolute atomic E-state index is 12.4. The van der Waals surface area contributed by atoms with Crippen molar-refractivity contribution in [1.29, 1.82) is 0 Å². The van der Waals surface area contributed by atoms with Crippen LogP contribution in [-0.2, 0) is 9.59 Å². The molecule has 1 N–H and O–H groups in total. The summed E-state index contributed by atoms with van der Waals surface area (Å²) in [7, 11) is 0. The van der Waals surface area contributed by atoms with Crippen molar-refractivity contribution in [2.24, 2.45) is 5.92 Å². The minimum atomic E-state index is -0.281. The number of aromatic nitrogens is 2. The molecule has 0 bridgehead atoms. The van der Waals surface area contributed by atoms with Gasteiger partial charge in [-0.3, -0.25) is 9.59 Å². The normalized spacial score (nSPS) is 21.8. The summed E-state index contributed by atoms with van der Waals surface area (Å²) < 4.78 is 0.801. The summed E-state index contributed by atoms with van der Waals surface area (Å²) in [6, 6.07) is 0.337. The lowest BCUT2D eigenvalue weighted by Gasteiger charge is -2.23. The van der Waals surface area contributed by atoms with Gasteiger partial charge in [0.15, 0.2) is 4.34 Å². The quantitative estimate of drug-likeness (QED) is 0.484. The minimum absolute atomic E-state index is 0.108. The van der Waals surface area contributed by atoms with Crippen LogP contribution in [0.4, 0.5) is 5.13 Å². The number of thioether (sulfide) groups is 1. The summed E-state index contributed by atoms with van der Waals surface area (Å²) in [6.45, 7) is 4.19. The predicted octanol–water partition coefficient (Wildman–Crippen LogP) is 2.55. The summed E-state index contributed by atoms with van der Waals surface area (Å²) in [6.07, 6.45) is 6.61. The van der Waals surface area contributed by atoms with Gasteiger partial charge in [-0.25, -0.2) is 0 Å². The molecule has 0 unspecified atom stereocenters. The second-order valence-electron chi connectivity index (χ2n) is 5.85. The van der Waals surface area contributed by atoms with Gasteiger partial charge in [-0.2, -0.15) is 0 Å². The van der Waals surface area contributed by atoms with Crippen LogP contribution in [-0.4, -0.2) is 45.3 Å². The highest BCUT2D eigenvalue weighted by Gasteiger charge is 2.38. The van der Waals surface area contributed by atoms with Crippen LogP contribution in [0.15, 0.2) is 17.0 Å². The van der Waals surface area contributed by atoms with Crippen LogP contribution in [0.25, 0.3) is 0 Å². The van der Waals surface area contributed by atoms with E-state index in [1.54, 1.807) is 6.08 Å². The van der Waals surface area contributed by atoms with Crippen LogP contribution < -0.4 is 5.32 Å². The maximum Gasteiger partial charge on any atom is 0.231 e. The number of amides is 2. The molecule has 2 heterocycles. The number of hydrogen-bond acceptors (Lipinski definition) is 6. The van der Waals surface area contributed by atoms with Crippen molar-refractivity contribution < 1.29 is 9.59 Å². The van der Waals surface area contributed by atoms with Gasteiger partial charge >= 0.3 is 0 Å². The molecule has 23 heavy (non-hydrogen) atoms. The molecule has 1 aromatic heterocycles. The molecule has 124 valence electrons. The fourth-order valence-corrected chi connectivity index (χ4v) is 4.65. The van der Waals surface area contributed by atoms with Crippen LogP contribution in [0.3, 0.4) is 0 Å². The van der Waals surface area contributed by atoms with Crippen molar-refractivity contribution in [2.45, 2.75) is 42.5 Å². The Morgan fingerprint density at radius 2 is 2.22 bits per heavy atom. The zero-order chi connectivity index (χ0) is 16.2. The summed E-state index contributed by atoms with van der Waals surface area (Å²) >= 11 is 2.88. The second-order valence-corrected chi connectivity index (χ2v) is 8.09. The number of likely N-dealkylation sites (tertiary alicyclic amines) is 1. The third-order valence-corrected chi connectivity index (χ3v) is 6.22. The van der Waals surface area contributed by atoms with Crippen LogP contribution >= 0.6 is 23.1 Å². The van der Waals surface area contributed by atoms with E-state index in [0.29, 0.717) is 24.1 Å². The smallest absolute Gasteiger partial charge is 0.231 e. The van der Waals surface area contributed by atoms with Gasteiger partial charge in [0.1, 0.15) is 0 Å². The molecule has 1 saturated carbocycles. The average Bonchev–Trinajstić information content (AvgIpc) is 3.25. The van der Waals surface area contributed by atoms with E-state index in [1.807, 2.05) is 4.90 Å². The molecule has 6 nitrogen and oxygen atoms in total. The van der Waals surface area contributed by atoms with Crippen molar-refractivity contribution >= 4 is 40.0 Å². The molecule has 2 aliphatic rings. The fourth-order valence-electron chi connectivity index (χ4n) is 3.13.